The molecule has 0 saturated carbocycles. The number of benzene rings is 3. The second-order valence-corrected chi connectivity index (χ2v) is 10.5. The van der Waals surface area contributed by atoms with Crippen LogP contribution < -0.4 is 10.6 Å². The molecule has 0 radical (unpaired) electrons. The Bertz CT molecular complexity index is 1370. The molecule has 0 aromatic heterocycles. The zero-order chi connectivity index (χ0) is 27.9. The van der Waals surface area contributed by atoms with E-state index in [0.29, 0.717) is 27.8 Å². The normalized spacial score (nSPS) is 14.0. The maximum atomic E-state index is 13.6. The third-order valence-corrected chi connectivity index (χ3v) is 7.86. The summed E-state index contributed by atoms with van der Waals surface area (Å²) in [6.07, 6.45) is 2.29. The number of amides is 2. The third-order valence-electron chi connectivity index (χ3n) is 7.12. The van der Waals surface area contributed by atoms with Gasteiger partial charge in [0.2, 0.25) is 11.8 Å². The number of likely N-dealkylation sites (N-methyl/N-ethyl adjacent to an activating group) is 1. The molecule has 3 aromatic carbocycles. The first kappa shape index (κ1) is 28.4. The Hall–Kier alpha value is -3.57. The molecule has 202 valence electrons. The molecule has 2 amide bonds. The number of nitrogens with two attached hydrogens (primary N) is 1. The molecule has 4 rings (SSSR count). The number of nitriles is 1. The highest BCUT2D eigenvalue weighted by Gasteiger charge is 2.27. The van der Waals surface area contributed by atoms with E-state index in [1.165, 1.54) is 0 Å². The summed E-state index contributed by atoms with van der Waals surface area (Å²) in [4.78, 5) is 31.0. The molecule has 1 heterocycles. The Kier molecular flexibility index (Phi) is 9.47. The molecule has 1 saturated heterocycles. The molecule has 0 spiro atoms. The fraction of sp³-hybridized carbons (Fsp3) is 0.300. The second kappa shape index (κ2) is 13.0. The highest BCUT2D eigenvalue weighted by atomic mass is 35.5. The SMILES string of the molecule is CN(C(=O)CN(CC#N)c1ccc(Cl)c(Cl)c1)[C@@H](CN1CCCC1)c1ccc(-c2cccc(C(N)=O)c2)cc1. The third kappa shape index (κ3) is 7.10. The Morgan fingerprint density at radius 2 is 1.72 bits per heavy atom. The lowest BCUT2D eigenvalue weighted by molar-refractivity contribution is -0.131. The van der Waals surface area contributed by atoms with E-state index < -0.39 is 5.91 Å². The lowest BCUT2D eigenvalue weighted by Gasteiger charge is -2.34. The average molecular weight is 565 g/mol. The van der Waals surface area contributed by atoms with Gasteiger partial charge in [-0.2, -0.15) is 5.26 Å². The van der Waals surface area contributed by atoms with Crippen molar-refractivity contribution in [1.82, 2.24) is 9.80 Å². The minimum absolute atomic E-state index is 0.0243. The number of hydrogen-bond acceptors (Lipinski definition) is 5. The van der Waals surface area contributed by atoms with Crippen molar-refractivity contribution in [1.29, 1.82) is 5.26 Å². The van der Waals surface area contributed by atoms with E-state index >= 15 is 0 Å². The number of rotatable bonds is 10. The number of primary amides is 1. The van der Waals surface area contributed by atoms with Gasteiger partial charge >= 0.3 is 0 Å². The summed E-state index contributed by atoms with van der Waals surface area (Å²) in [6, 6.07) is 22.3. The molecule has 1 aliphatic rings. The highest BCUT2D eigenvalue weighted by molar-refractivity contribution is 6.42. The van der Waals surface area contributed by atoms with Crippen molar-refractivity contribution in [3.8, 4) is 17.2 Å². The van der Waals surface area contributed by atoms with E-state index in [-0.39, 0.29) is 25.0 Å². The molecule has 3 aromatic rings. The van der Waals surface area contributed by atoms with Crippen LogP contribution in [0.1, 0.15) is 34.8 Å². The van der Waals surface area contributed by atoms with Crippen LogP contribution >= 0.6 is 23.2 Å². The summed E-state index contributed by atoms with van der Waals surface area (Å²) in [6.45, 7) is 2.77. The molecule has 7 nitrogen and oxygen atoms in total. The van der Waals surface area contributed by atoms with Crippen molar-refractivity contribution >= 4 is 40.7 Å². The fourth-order valence-electron chi connectivity index (χ4n) is 4.87. The van der Waals surface area contributed by atoms with Crippen LogP contribution in [0.25, 0.3) is 11.1 Å². The van der Waals surface area contributed by atoms with E-state index in [1.54, 1.807) is 40.1 Å². The van der Waals surface area contributed by atoms with Crippen molar-refractivity contribution in [3.63, 3.8) is 0 Å². The van der Waals surface area contributed by atoms with Gasteiger partial charge in [-0.1, -0.05) is 59.6 Å². The Balaban J connectivity index is 1.57. The van der Waals surface area contributed by atoms with Crippen LogP contribution in [0.5, 0.6) is 0 Å². The summed E-state index contributed by atoms with van der Waals surface area (Å²) in [7, 11) is 1.81. The molecule has 0 aliphatic carbocycles. The average Bonchev–Trinajstić information content (AvgIpc) is 3.46. The van der Waals surface area contributed by atoms with Crippen molar-refractivity contribution in [2.45, 2.75) is 18.9 Å². The van der Waals surface area contributed by atoms with Gasteiger partial charge in [-0.15, -0.1) is 0 Å². The van der Waals surface area contributed by atoms with Gasteiger partial charge in [-0.05, 0) is 73.0 Å². The van der Waals surface area contributed by atoms with Gasteiger partial charge in [0.1, 0.15) is 6.54 Å². The molecule has 1 atom stereocenters. The molecule has 39 heavy (non-hydrogen) atoms. The quantitative estimate of drug-likeness (QED) is 0.334. The van der Waals surface area contributed by atoms with Gasteiger partial charge in [0, 0.05) is 24.8 Å². The zero-order valence-corrected chi connectivity index (χ0v) is 23.3. The van der Waals surface area contributed by atoms with Crippen molar-refractivity contribution in [2.24, 2.45) is 5.73 Å². The Labute approximate surface area is 239 Å². The van der Waals surface area contributed by atoms with E-state index in [2.05, 4.69) is 11.0 Å². The summed E-state index contributed by atoms with van der Waals surface area (Å²) >= 11 is 12.3. The first-order chi connectivity index (χ1) is 18.8. The van der Waals surface area contributed by atoms with Gasteiger partial charge in [-0.25, -0.2) is 0 Å². The van der Waals surface area contributed by atoms with Crippen LogP contribution in [0.15, 0.2) is 66.7 Å². The fourth-order valence-corrected chi connectivity index (χ4v) is 5.16. The topological polar surface area (TPSA) is 93.7 Å². The molecule has 1 aliphatic heterocycles. The van der Waals surface area contributed by atoms with Crippen LogP contribution in [-0.4, -0.2) is 61.4 Å². The number of likely N-dealkylation sites (tertiary alicyclic amines) is 1. The standard InChI is InChI=1S/C30H31Cl2N5O2/c1-35(29(38)20-37(16-13-33)25-11-12-26(31)27(32)18-25)28(19-36-14-2-3-15-36)22-9-7-21(8-10-22)23-5-4-6-24(17-23)30(34)39/h4-12,17-18,28H,2-3,14-16,19-20H2,1H3,(H2,34,39)/t28-/m0/s1. The first-order valence-corrected chi connectivity index (χ1v) is 13.6. The van der Waals surface area contributed by atoms with Crippen LogP contribution in [0.2, 0.25) is 10.0 Å². The predicted molar refractivity (Wildman–Crippen MR) is 156 cm³/mol. The largest absolute Gasteiger partial charge is 0.366 e. The zero-order valence-electron chi connectivity index (χ0n) is 21.8. The molecule has 9 heteroatoms. The van der Waals surface area contributed by atoms with Gasteiger partial charge in [-0.3, -0.25) is 9.59 Å². The van der Waals surface area contributed by atoms with Gasteiger partial charge in [0.05, 0.1) is 28.7 Å². The minimum Gasteiger partial charge on any atom is -0.366 e. The summed E-state index contributed by atoms with van der Waals surface area (Å²) < 4.78 is 0. The summed E-state index contributed by atoms with van der Waals surface area (Å²) in [5.74, 6) is -0.579. The van der Waals surface area contributed by atoms with Gasteiger partial charge in [0.25, 0.3) is 0 Å². The van der Waals surface area contributed by atoms with Gasteiger partial charge < -0.3 is 20.4 Å². The lowest BCUT2D eigenvalue weighted by atomic mass is 9.98. The maximum Gasteiger partial charge on any atom is 0.248 e. The molecule has 2 N–H and O–H groups in total. The van der Waals surface area contributed by atoms with Crippen LogP contribution in [0.3, 0.4) is 0 Å². The number of nitrogens with zero attached hydrogens (tertiary/aromatic N) is 4. The van der Waals surface area contributed by atoms with Crippen molar-refractivity contribution in [2.75, 3.05) is 44.7 Å². The number of hydrogen-bond donors (Lipinski definition) is 1. The van der Waals surface area contributed by atoms with Crippen LogP contribution in [-0.2, 0) is 4.79 Å². The van der Waals surface area contributed by atoms with Crippen LogP contribution in [0.4, 0.5) is 5.69 Å². The lowest BCUT2D eigenvalue weighted by Crippen LogP contribution is -2.43. The minimum atomic E-state index is -0.467. The summed E-state index contributed by atoms with van der Waals surface area (Å²) in [5.41, 5.74) is 9.43. The maximum absolute atomic E-state index is 13.6. The molecular weight excluding hydrogens is 533 g/mol. The van der Waals surface area contributed by atoms with E-state index in [4.69, 9.17) is 28.9 Å². The molecule has 1 fully saturated rings. The predicted octanol–water partition coefficient (Wildman–Crippen LogP) is 5.38. The summed E-state index contributed by atoms with van der Waals surface area (Å²) in [5, 5.41) is 10.2. The smallest absolute Gasteiger partial charge is 0.248 e. The molecular formula is C30H31Cl2N5O2. The monoisotopic (exact) mass is 563 g/mol. The number of halogens is 2. The number of carbonyl (C=O) groups is 2. The second-order valence-electron chi connectivity index (χ2n) is 9.71. The number of carbonyl (C=O) groups excluding carboxylic acids is 2. The van der Waals surface area contributed by atoms with Gasteiger partial charge in [0.15, 0.2) is 0 Å². The molecule has 0 unspecified atom stereocenters. The number of anilines is 1. The van der Waals surface area contributed by atoms with Crippen molar-refractivity contribution in [3.05, 3.63) is 87.9 Å². The highest BCUT2D eigenvalue weighted by Crippen LogP contribution is 2.29. The Morgan fingerprint density at radius 3 is 2.36 bits per heavy atom. The van der Waals surface area contributed by atoms with E-state index in [1.807, 2.05) is 43.4 Å². The first-order valence-electron chi connectivity index (χ1n) is 12.8. The Morgan fingerprint density at radius 1 is 1.00 bits per heavy atom. The van der Waals surface area contributed by atoms with E-state index in [0.717, 1.165) is 42.6 Å². The molecule has 0 bridgehead atoms. The van der Waals surface area contributed by atoms with Crippen LogP contribution in [0, 0.1) is 11.3 Å². The van der Waals surface area contributed by atoms with Crippen molar-refractivity contribution < 1.29 is 9.59 Å². The van der Waals surface area contributed by atoms with E-state index in [9.17, 15) is 14.9 Å².